The van der Waals surface area contributed by atoms with Gasteiger partial charge in [0, 0.05) is 53.8 Å². The zero-order valence-electron chi connectivity index (χ0n) is 16.4. The minimum atomic E-state index is -5.88. The predicted molar refractivity (Wildman–Crippen MR) is 108 cm³/mol. The summed E-state index contributed by atoms with van der Waals surface area (Å²) in [5.74, 6) is -1.29. The molecular weight excluding hydrogens is 500 g/mol. The number of likely N-dealkylation sites (tertiary alicyclic amines) is 2. The highest BCUT2D eigenvalue weighted by atomic mass is 35.5. The van der Waals surface area contributed by atoms with Gasteiger partial charge in [-0.25, -0.2) is 4.79 Å². The molecule has 178 valence electrons. The number of nitrogens with zero attached hydrogens (tertiary/aromatic N) is 2. The molecule has 14 heteroatoms. The minimum absolute atomic E-state index is 0.0719. The van der Waals surface area contributed by atoms with E-state index in [1.807, 2.05) is 0 Å². The number of halogens is 5. The van der Waals surface area contributed by atoms with Crippen LogP contribution in [-0.2, 0) is 21.3 Å². The van der Waals surface area contributed by atoms with E-state index in [4.69, 9.17) is 28.3 Å². The Kier molecular flexibility index (Phi) is 7.06. The third kappa shape index (κ3) is 5.18. The molecule has 1 atom stereocenters. The average Bonchev–Trinajstić information content (AvgIpc) is 3.04. The Morgan fingerprint density at radius 3 is 2.19 bits per heavy atom. The molecule has 0 spiro atoms. The smallest absolute Gasteiger partial charge is 0.465 e. The molecule has 1 N–H and O–H groups in total. The van der Waals surface area contributed by atoms with Crippen molar-refractivity contribution in [2.75, 3.05) is 19.6 Å². The van der Waals surface area contributed by atoms with Gasteiger partial charge < -0.3 is 19.1 Å². The standard InChI is InChI=1S/C18H19Cl2F3N2O6S/c19-14-8-12(31-32(29,30)18(21,22)23)9-15(20)13(14)7-10-1-6-25(16(10)26)11-2-4-24(5-3-11)17(27)28/h8-11H,1-7H2,(H,27,28)/t10-/m0/s1. The van der Waals surface area contributed by atoms with Crippen molar-refractivity contribution in [2.45, 2.75) is 37.2 Å². The van der Waals surface area contributed by atoms with Crippen LogP contribution in [-0.4, -0.2) is 66.5 Å². The lowest BCUT2D eigenvalue weighted by Crippen LogP contribution is -2.47. The zero-order valence-corrected chi connectivity index (χ0v) is 18.8. The fourth-order valence-corrected chi connectivity index (χ4v) is 4.99. The van der Waals surface area contributed by atoms with Gasteiger partial charge in [0.1, 0.15) is 5.75 Å². The number of rotatable bonds is 5. The normalized spacial score (nSPS) is 20.7. The Morgan fingerprint density at radius 2 is 1.69 bits per heavy atom. The molecule has 0 aliphatic carbocycles. The first kappa shape index (κ1) is 24.7. The monoisotopic (exact) mass is 518 g/mol. The number of hydrogen-bond donors (Lipinski definition) is 1. The van der Waals surface area contributed by atoms with Crippen LogP contribution in [0.3, 0.4) is 0 Å². The van der Waals surface area contributed by atoms with Crippen LogP contribution in [0.25, 0.3) is 0 Å². The SMILES string of the molecule is O=C(O)N1CCC(N2CC[C@@H](Cc3c(Cl)cc(OS(=O)(=O)C(F)(F)F)cc3Cl)C2=O)CC1. The van der Waals surface area contributed by atoms with Crippen LogP contribution in [0.5, 0.6) is 5.75 Å². The number of benzene rings is 1. The number of amides is 2. The third-order valence-corrected chi connectivity index (χ3v) is 7.23. The third-order valence-electron chi connectivity index (χ3n) is 5.58. The van der Waals surface area contributed by atoms with Gasteiger partial charge in [-0.15, -0.1) is 0 Å². The molecule has 2 aliphatic rings. The van der Waals surface area contributed by atoms with Gasteiger partial charge >= 0.3 is 21.7 Å². The van der Waals surface area contributed by atoms with E-state index < -0.39 is 33.4 Å². The molecule has 2 saturated heterocycles. The van der Waals surface area contributed by atoms with E-state index in [1.54, 1.807) is 4.90 Å². The number of carbonyl (C=O) groups is 2. The molecule has 0 saturated carbocycles. The van der Waals surface area contributed by atoms with Crippen LogP contribution >= 0.6 is 23.2 Å². The largest absolute Gasteiger partial charge is 0.534 e. The number of carboxylic acid groups (broad SMARTS) is 1. The maximum Gasteiger partial charge on any atom is 0.534 e. The van der Waals surface area contributed by atoms with E-state index in [-0.39, 0.29) is 28.4 Å². The number of piperidine rings is 1. The second-order valence-electron chi connectivity index (χ2n) is 7.57. The minimum Gasteiger partial charge on any atom is -0.465 e. The van der Waals surface area contributed by atoms with E-state index in [0.29, 0.717) is 44.5 Å². The summed E-state index contributed by atoms with van der Waals surface area (Å²) in [6.07, 6.45) is 0.699. The van der Waals surface area contributed by atoms with E-state index in [2.05, 4.69) is 4.18 Å². The maximum absolute atomic E-state index is 12.9. The summed E-state index contributed by atoms with van der Waals surface area (Å²) in [6, 6.07) is 1.74. The van der Waals surface area contributed by atoms with Gasteiger partial charge in [0.25, 0.3) is 0 Å². The maximum atomic E-state index is 12.9. The van der Waals surface area contributed by atoms with Crippen LogP contribution in [0.15, 0.2) is 12.1 Å². The molecule has 1 aromatic rings. The van der Waals surface area contributed by atoms with E-state index in [9.17, 15) is 31.2 Å². The number of hydrogen-bond acceptors (Lipinski definition) is 5. The molecule has 2 fully saturated rings. The lowest BCUT2D eigenvalue weighted by molar-refractivity contribution is -0.133. The summed E-state index contributed by atoms with van der Waals surface area (Å²) in [5, 5.41) is 8.80. The summed E-state index contributed by atoms with van der Waals surface area (Å²) in [4.78, 5) is 27.0. The van der Waals surface area contributed by atoms with Gasteiger partial charge in [0.05, 0.1) is 0 Å². The van der Waals surface area contributed by atoms with Gasteiger partial charge in [0.2, 0.25) is 5.91 Å². The molecule has 2 heterocycles. The second-order valence-corrected chi connectivity index (χ2v) is 9.92. The molecule has 2 aliphatic heterocycles. The van der Waals surface area contributed by atoms with Crippen molar-refractivity contribution in [3.8, 4) is 5.75 Å². The number of alkyl halides is 3. The average molecular weight is 519 g/mol. The van der Waals surface area contributed by atoms with Crippen LogP contribution < -0.4 is 4.18 Å². The second kappa shape index (κ2) is 9.14. The summed E-state index contributed by atoms with van der Waals surface area (Å²) in [7, 11) is -5.88. The molecule has 0 aromatic heterocycles. The molecule has 0 unspecified atom stereocenters. The van der Waals surface area contributed by atoms with Crippen molar-refractivity contribution in [2.24, 2.45) is 5.92 Å². The molecule has 0 bridgehead atoms. The first-order valence-corrected chi connectivity index (χ1v) is 11.7. The zero-order chi connectivity index (χ0) is 23.8. The fourth-order valence-electron chi connectivity index (χ4n) is 3.93. The molecule has 1 aromatic carbocycles. The van der Waals surface area contributed by atoms with Crippen molar-refractivity contribution in [3.05, 3.63) is 27.7 Å². The molecule has 0 radical (unpaired) electrons. The van der Waals surface area contributed by atoms with Gasteiger partial charge in [-0.05, 0) is 31.2 Å². The van der Waals surface area contributed by atoms with Crippen molar-refractivity contribution in [3.63, 3.8) is 0 Å². The van der Waals surface area contributed by atoms with Gasteiger partial charge in [-0.3, -0.25) is 4.79 Å². The quantitative estimate of drug-likeness (QED) is 0.470. The molecular formula is C18H19Cl2F3N2O6S. The van der Waals surface area contributed by atoms with Gasteiger partial charge in [-0.2, -0.15) is 21.6 Å². The highest BCUT2D eigenvalue weighted by Crippen LogP contribution is 2.37. The Morgan fingerprint density at radius 1 is 1.12 bits per heavy atom. The predicted octanol–water partition coefficient (Wildman–Crippen LogP) is 3.76. The molecule has 2 amide bonds. The summed E-state index contributed by atoms with van der Waals surface area (Å²) in [6.45, 7) is 1.17. The Balaban J connectivity index is 1.68. The summed E-state index contributed by atoms with van der Waals surface area (Å²) in [5.41, 5.74) is -5.31. The van der Waals surface area contributed by atoms with Gasteiger partial charge in [0.15, 0.2) is 0 Å². The van der Waals surface area contributed by atoms with E-state index in [0.717, 1.165) is 12.1 Å². The van der Waals surface area contributed by atoms with Crippen LogP contribution in [0.4, 0.5) is 18.0 Å². The van der Waals surface area contributed by atoms with Crippen LogP contribution in [0.1, 0.15) is 24.8 Å². The summed E-state index contributed by atoms with van der Waals surface area (Å²) < 4.78 is 63.9. The van der Waals surface area contributed by atoms with Crippen molar-refractivity contribution < 1.29 is 40.5 Å². The molecule has 32 heavy (non-hydrogen) atoms. The highest BCUT2D eigenvalue weighted by molar-refractivity contribution is 7.88. The van der Waals surface area contributed by atoms with Crippen LogP contribution in [0.2, 0.25) is 10.0 Å². The molecule has 3 rings (SSSR count). The van der Waals surface area contributed by atoms with Crippen molar-refractivity contribution >= 4 is 45.3 Å². The lowest BCUT2D eigenvalue weighted by Gasteiger charge is -2.35. The fraction of sp³-hybridized carbons (Fsp3) is 0.556. The van der Waals surface area contributed by atoms with E-state index >= 15 is 0 Å². The van der Waals surface area contributed by atoms with Gasteiger partial charge in [-0.1, -0.05) is 23.2 Å². The molecule has 8 nitrogen and oxygen atoms in total. The highest BCUT2D eigenvalue weighted by Gasteiger charge is 2.48. The van der Waals surface area contributed by atoms with Crippen LogP contribution in [0, 0.1) is 5.92 Å². The Bertz CT molecular complexity index is 989. The van der Waals surface area contributed by atoms with Crippen molar-refractivity contribution in [1.82, 2.24) is 9.80 Å². The first-order chi connectivity index (χ1) is 14.8. The summed E-state index contributed by atoms with van der Waals surface area (Å²) >= 11 is 12.2. The van der Waals surface area contributed by atoms with E-state index in [1.165, 1.54) is 4.90 Å². The Labute approximate surface area is 191 Å². The first-order valence-electron chi connectivity index (χ1n) is 9.57. The lowest BCUT2D eigenvalue weighted by atomic mass is 9.97. The Hall–Kier alpha value is -1.92. The van der Waals surface area contributed by atoms with Crippen molar-refractivity contribution in [1.29, 1.82) is 0 Å². The topological polar surface area (TPSA) is 104 Å². The number of carbonyl (C=O) groups excluding carboxylic acids is 1.